The Balaban J connectivity index is 1.39. The monoisotopic (exact) mass is 513 g/mol. The number of hydrogen-bond acceptors (Lipinski definition) is 7. The number of carbonyl (C=O) groups excluding carboxylic acids is 3. The molecule has 0 atom stereocenters. The fourth-order valence-corrected chi connectivity index (χ4v) is 6.73. The normalized spacial score (nSPS) is 13.0. The zero-order chi connectivity index (χ0) is 24.1. The number of terminal acetylenes is 1. The van der Waals surface area contributed by atoms with Crippen molar-refractivity contribution >= 4 is 67.4 Å². The van der Waals surface area contributed by atoms with Crippen molar-refractivity contribution in [1.29, 1.82) is 0 Å². The first kappa shape index (κ1) is 24.3. The lowest BCUT2D eigenvalue weighted by Gasteiger charge is -2.07. The van der Waals surface area contributed by atoms with Gasteiger partial charge < -0.3 is 14.6 Å². The molecule has 3 aromatic rings. The van der Waals surface area contributed by atoms with E-state index in [-0.39, 0.29) is 29.9 Å². The summed E-state index contributed by atoms with van der Waals surface area (Å²) in [5, 5.41) is 3.37. The molecule has 34 heavy (non-hydrogen) atoms. The van der Waals surface area contributed by atoms with Crippen LogP contribution in [0.3, 0.4) is 0 Å². The average Bonchev–Trinajstić information content (AvgIpc) is 3.47. The first-order chi connectivity index (χ1) is 16.5. The Morgan fingerprint density at radius 1 is 1.24 bits per heavy atom. The third-order valence-corrected chi connectivity index (χ3v) is 8.35. The number of carbonyl (C=O) groups is 3. The van der Waals surface area contributed by atoms with Crippen LogP contribution in [0, 0.1) is 12.3 Å². The van der Waals surface area contributed by atoms with Crippen LogP contribution in [0.15, 0.2) is 29.3 Å². The van der Waals surface area contributed by atoms with E-state index in [1.807, 2.05) is 28.8 Å². The average molecular weight is 514 g/mol. The van der Waals surface area contributed by atoms with E-state index in [2.05, 4.69) is 16.2 Å². The molecule has 1 aliphatic carbocycles. The number of nitrogens with one attached hydrogen (secondary N) is 1. The number of aromatic nitrogens is 1. The summed E-state index contributed by atoms with van der Waals surface area (Å²) in [6, 6.07) is 7.74. The smallest absolute Gasteiger partial charge is 0.341 e. The number of rotatable bonds is 8. The van der Waals surface area contributed by atoms with Crippen molar-refractivity contribution in [3.8, 4) is 12.3 Å². The Bertz CT molecular complexity index is 1360. The quantitative estimate of drug-likeness (QED) is 0.365. The highest BCUT2D eigenvalue weighted by atomic mass is 32.2. The number of fused-ring (bicyclic) bond motifs is 2. The second kappa shape index (κ2) is 11.0. The number of aryl methyl sites for hydroxylation is 1. The number of nitrogens with zero attached hydrogens (tertiary/aromatic N) is 2. The number of esters is 1. The number of thiophene rings is 1. The number of thioether (sulfide) groups is 1. The summed E-state index contributed by atoms with van der Waals surface area (Å²) in [5.74, 6) is 1.72. The molecule has 2 heterocycles. The molecule has 2 amide bonds. The Hall–Kier alpha value is -2.87. The Morgan fingerprint density at radius 2 is 2.06 bits per heavy atom. The highest BCUT2D eigenvalue weighted by Crippen LogP contribution is 2.39. The van der Waals surface area contributed by atoms with E-state index in [1.165, 1.54) is 34.4 Å². The van der Waals surface area contributed by atoms with Crippen LogP contribution >= 0.6 is 34.4 Å². The molecule has 0 saturated carbocycles. The molecule has 7 nitrogen and oxygen atoms in total. The fourth-order valence-electron chi connectivity index (χ4n) is 3.79. The second-order valence-corrected chi connectivity index (χ2v) is 10.6. The van der Waals surface area contributed by atoms with E-state index in [9.17, 15) is 14.4 Å². The largest absolute Gasteiger partial charge is 0.462 e. The summed E-state index contributed by atoms with van der Waals surface area (Å²) in [6.07, 6.45) is 8.22. The van der Waals surface area contributed by atoms with E-state index < -0.39 is 5.97 Å². The molecule has 0 spiro atoms. The topological polar surface area (TPSA) is 89.8 Å². The number of amides is 2. The van der Waals surface area contributed by atoms with Crippen molar-refractivity contribution in [2.75, 3.05) is 23.4 Å². The molecule has 4 rings (SSSR count). The number of para-hydroxylation sites is 1. The van der Waals surface area contributed by atoms with Crippen LogP contribution in [0.5, 0.6) is 0 Å². The molecule has 176 valence electrons. The Kier molecular flexibility index (Phi) is 7.88. The summed E-state index contributed by atoms with van der Waals surface area (Å²) in [4.78, 5) is 43.3. The maximum absolute atomic E-state index is 12.5. The predicted octanol–water partition coefficient (Wildman–Crippen LogP) is 3.86. The van der Waals surface area contributed by atoms with Gasteiger partial charge in [0.25, 0.3) is 5.91 Å². The van der Waals surface area contributed by atoms with E-state index in [0.29, 0.717) is 21.9 Å². The third-order valence-electron chi connectivity index (χ3n) is 5.17. The molecule has 2 aromatic heterocycles. The number of anilines is 1. The number of ether oxygens (including phenoxy) is 1. The number of thiazole rings is 1. The highest BCUT2D eigenvalue weighted by Gasteiger charge is 2.28. The van der Waals surface area contributed by atoms with Gasteiger partial charge in [-0.3, -0.25) is 9.59 Å². The molecule has 0 fully saturated rings. The van der Waals surface area contributed by atoms with Crippen LogP contribution in [-0.2, 0) is 33.7 Å². The zero-order valence-electron chi connectivity index (χ0n) is 18.6. The van der Waals surface area contributed by atoms with Gasteiger partial charge in [0.2, 0.25) is 5.91 Å². The van der Waals surface area contributed by atoms with Crippen molar-refractivity contribution in [2.24, 2.45) is 4.99 Å². The van der Waals surface area contributed by atoms with Gasteiger partial charge in [-0.25, -0.2) is 4.79 Å². The van der Waals surface area contributed by atoms with Gasteiger partial charge in [-0.05, 0) is 43.9 Å². The molecule has 1 aromatic carbocycles. The molecule has 10 heteroatoms. The standard InChI is InChI=1S/C24H23N3O4S3/c1-3-12-27-16-9-5-6-10-18(16)34-24(27)26-20(29)14-32-13-19(28)25-22-21(23(30)31-4-2)15-8-7-11-17(15)33-22/h1,5-6,9-10H,4,7-8,11-14H2,2H3,(H,25,28). The molecule has 0 saturated heterocycles. The molecule has 0 unspecified atom stereocenters. The van der Waals surface area contributed by atoms with Gasteiger partial charge in [0.15, 0.2) is 4.80 Å². The van der Waals surface area contributed by atoms with Crippen LogP contribution in [0.2, 0.25) is 0 Å². The molecule has 0 bridgehead atoms. The van der Waals surface area contributed by atoms with Gasteiger partial charge in [0, 0.05) is 4.88 Å². The van der Waals surface area contributed by atoms with Crippen LogP contribution in [0.25, 0.3) is 10.2 Å². The van der Waals surface area contributed by atoms with E-state index in [4.69, 9.17) is 11.2 Å². The Labute approximate surface area is 209 Å². The van der Waals surface area contributed by atoms with E-state index in [1.54, 1.807) is 6.92 Å². The maximum atomic E-state index is 12.5. The first-order valence-corrected chi connectivity index (χ1v) is 13.6. The third kappa shape index (κ3) is 5.27. The lowest BCUT2D eigenvalue weighted by atomic mass is 10.1. The minimum Gasteiger partial charge on any atom is -0.462 e. The van der Waals surface area contributed by atoms with Crippen LogP contribution in [0.1, 0.15) is 34.1 Å². The molecule has 0 radical (unpaired) electrons. The predicted molar refractivity (Wildman–Crippen MR) is 137 cm³/mol. The summed E-state index contributed by atoms with van der Waals surface area (Å²) in [7, 11) is 0. The van der Waals surface area contributed by atoms with Crippen LogP contribution in [0.4, 0.5) is 5.00 Å². The Morgan fingerprint density at radius 3 is 2.85 bits per heavy atom. The van der Waals surface area contributed by atoms with Crippen molar-refractivity contribution in [3.63, 3.8) is 0 Å². The lowest BCUT2D eigenvalue weighted by molar-refractivity contribution is -0.115. The van der Waals surface area contributed by atoms with Gasteiger partial charge in [0.05, 0.1) is 40.4 Å². The zero-order valence-corrected chi connectivity index (χ0v) is 21.0. The SMILES string of the molecule is C#CCn1c(=NC(=O)CSCC(=O)Nc2sc3c(c2C(=O)OCC)CCC3)sc2ccccc21. The van der Waals surface area contributed by atoms with Crippen molar-refractivity contribution in [1.82, 2.24) is 4.57 Å². The van der Waals surface area contributed by atoms with Gasteiger partial charge in [-0.15, -0.1) is 29.5 Å². The second-order valence-electron chi connectivity index (χ2n) is 7.47. The van der Waals surface area contributed by atoms with Gasteiger partial charge in [-0.2, -0.15) is 4.99 Å². The van der Waals surface area contributed by atoms with Crippen molar-refractivity contribution in [2.45, 2.75) is 32.7 Å². The van der Waals surface area contributed by atoms with Gasteiger partial charge in [-0.1, -0.05) is 29.4 Å². The summed E-state index contributed by atoms with van der Waals surface area (Å²) in [5.41, 5.74) is 2.40. The molecular formula is C24H23N3O4S3. The lowest BCUT2D eigenvalue weighted by Crippen LogP contribution is -2.19. The first-order valence-electron chi connectivity index (χ1n) is 10.8. The number of benzene rings is 1. The van der Waals surface area contributed by atoms with Crippen molar-refractivity contribution in [3.05, 3.63) is 45.1 Å². The highest BCUT2D eigenvalue weighted by molar-refractivity contribution is 8.00. The van der Waals surface area contributed by atoms with Gasteiger partial charge >= 0.3 is 5.97 Å². The molecule has 1 aliphatic rings. The molecule has 0 aliphatic heterocycles. The van der Waals surface area contributed by atoms with E-state index in [0.717, 1.165) is 39.9 Å². The van der Waals surface area contributed by atoms with E-state index >= 15 is 0 Å². The summed E-state index contributed by atoms with van der Waals surface area (Å²) >= 11 is 4.02. The summed E-state index contributed by atoms with van der Waals surface area (Å²) in [6.45, 7) is 2.35. The number of hydrogen-bond donors (Lipinski definition) is 1. The minimum atomic E-state index is -0.401. The van der Waals surface area contributed by atoms with Crippen LogP contribution in [-0.4, -0.2) is 40.5 Å². The molecule has 1 N–H and O–H groups in total. The van der Waals surface area contributed by atoms with Gasteiger partial charge in [0.1, 0.15) is 5.00 Å². The summed E-state index contributed by atoms with van der Waals surface area (Å²) < 4.78 is 8.02. The van der Waals surface area contributed by atoms with Crippen LogP contribution < -0.4 is 10.1 Å². The maximum Gasteiger partial charge on any atom is 0.341 e. The fraction of sp³-hybridized carbons (Fsp3) is 0.333. The molecular weight excluding hydrogens is 490 g/mol. The minimum absolute atomic E-state index is 0.0589. The van der Waals surface area contributed by atoms with Crippen molar-refractivity contribution < 1.29 is 19.1 Å².